The molecule has 31 heavy (non-hydrogen) atoms. The van der Waals surface area contributed by atoms with Crippen LogP contribution in [0.2, 0.25) is 0 Å². The van der Waals surface area contributed by atoms with E-state index in [0.29, 0.717) is 11.8 Å². The number of fused-ring (bicyclic) bond motifs is 2. The Bertz CT molecular complexity index is 665. The molecule has 180 valence electrons. The Morgan fingerprint density at radius 1 is 0.935 bits per heavy atom. The molecule has 3 aliphatic carbocycles. The molecule has 7 unspecified atom stereocenters. The molecule has 0 heterocycles. The molecular formula is C28H50O3. The minimum Gasteiger partial charge on any atom is -0.396 e. The van der Waals surface area contributed by atoms with Gasteiger partial charge in [0.25, 0.3) is 0 Å². The first-order valence-corrected chi connectivity index (χ1v) is 13.1. The van der Waals surface area contributed by atoms with Crippen LogP contribution in [-0.2, 0) is 0 Å². The fraction of sp³-hybridized carbons (Fsp3) is 0.929. The molecule has 0 bridgehead atoms. The lowest BCUT2D eigenvalue weighted by Gasteiger charge is -2.60. The van der Waals surface area contributed by atoms with E-state index in [2.05, 4.69) is 48.5 Å². The van der Waals surface area contributed by atoms with Crippen LogP contribution in [0.4, 0.5) is 0 Å². The zero-order valence-electron chi connectivity index (χ0n) is 21.4. The summed E-state index contributed by atoms with van der Waals surface area (Å²) in [5, 5.41) is 32.9. The number of aliphatic hydroxyl groups is 3. The van der Waals surface area contributed by atoms with Gasteiger partial charge >= 0.3 is 0 Å². The van der Waals surface area contributed by atoms with E-state index in [1.807, 2.05) is 0 Å². The van der Waals surface area contributed by atoms with E-state index in [0.717, 1.165) is 50.9 Å². The van der Waals surface area contributed by atoms with Gasteiger partial charge in [0, 0.05) is 12.0 Å². The summed E-state index contributed by atoms with van der Waals surface area (Å²) in [5.74, 6) is 1.75. The van der Waals surface area contributed by atoms with Crippen LogP contribution in [0.5, 0.6) is 0 Å². The lowest BCUT2D eigenvalue weighted by atomic mass is 9.46. The Labute approximate surface area is 191 Å². The second-order valence-electron chi connectivity index (χ2n) is 12.9. The number of hydrogen-bond donors (Lipinski definition) is 3. The highest BCUT2D eigenvalue weighted by molar-refractivity contribution is 5.35. The average molecular weight is 435 g/mol. The maximum Gasteiger partial charge on any atom is 0.0810 e. The SMILES string of the molecule is CC(C)CCCC(C)C(CO)C1(C)CCC2=C(CCC3C2(C)CCC(O)C3(C)C)C1O. The molecule has 3 rings (SSSR count). The van der Waals surface area contributed by atoms with Crippen molar-refractivity contribution in [3.05, 3.63) is 11.1 Å². The van der Waals surface area contributed by atoms with Gasteiger partial charge in [0.2, 0.25) is 0 Å². The molecular weight excluding hydrogens is 384 g/mol. The predicted molar refractivity (Wildman–Crippen MR) is 129 cm³/mol. The van der Waals surface area contributed by atoms with Crippen LogP contribution in [-0.4, -0.2) is 34.1 Å². The highest BCUT2D eigenvalue weighted by Gasteiger charge is 2.57. The monoisotopic (exact) mass is 434 g/mol. The van der Waals surface area contributed by atoms with Crippen molar-refractivity contribution in [2.75, 3.05) is 6.61 Å². The molecule has 0 aromatic rings. The molecule has 3 aliphatic rings. The fourth-order valence-corrected chi connectivity index (χ4v) is 8.06. The minimum atomic E-state index is -0.450. The standard InChI is InChI=1S/C28H50O3/c1-18(2)9-8-10-19(3)22(17-29)28(7)15-13-21-20(25(28)31)11-12-23-26(4,5)24(30)14-16-27(21,23)6/h18-19,22-25,29-31H,8-17H2,1-7H3. The topological polar surface area (TPSA) is 60.7 Å². The fourth-order valence-electron chi connectivity index (χ4n) is 8.06. The van der Waals surface area contributed by atoms with E-state index in [-0.39, 0.29) is 34.9 Å². The third kappa shape index (κ3) is 4.28. The highest BCUT2D eigenvalue weighted by atomic mass is 16.3. The molecule has 0 saturated heterocycles. The quantitative estimate of drug-likeness (QED) is 0.424. The van der Waals surface area contributed by atoms with Crippen molar-refractivity contribution in [1.29, 1.82) is 0 Å². The predicted octanol–water partition coefficient (Wildman–Crippen LogP) is 6.11. The zero-order chi connectivity index (χ0) is 23.2. The van der Waals surface area contributed by atoms with Crippen LogP contribution >= 0.6 is 0 Å². The van der Waals surface area contributed by atoms with Gasteiger partial charge in [0.15, 0.2) is 0 Å². The summed E-state index contributed by atoms with van der Waals surface area (Å²) in [7, 11) is 0. The molecule has 0 aliphatic heterocycles. The third-order valence-corrected chi connectivity index (χ3v) is 10.3. The summed E-state index contributed by atoms with van der Waals surface area (Å²) in [5.41, 5.74) is 2.55. The summed E-state index contributed by atoms with van der Waals surface area (Å²) in [4.78, 5) is 0. The van der Waals surface area contributed by atoms with Crippen molar-refractivity contribution in [3.8, 4) is 0 Å². The van der Waals surface area contributed by atoms with Gasteiger partial charge in [-0.3, -0.25) is 0 Å². The summed E-state index contributed by atoms with van der Waals surface area (Å²) in [6, 6.07) is 0. The Morgan fingerprint density at radius 2 is 1.61 bits per heavy atom. The molecule has 0 spiro atoms. The van der Waals surface area contributed by atoms with Gasteiger partial charge in [-0.25, -0.2) is 0 Å². The summed E-state index contributed by atoms with van der Waals surface area (Å²) >= 11 is 0. The van der Waals surface area contributed by atoms with Gasteiger partial charge in [-0.2, -0.15) is 0 Å². The smallest absolute Gasteiger partial charge is 0.0810 e. The van der Waals surface area contributed by atoms with Crippen molar-refractivity contribution in [2.45, 2.75) is 118 Å². The zero-order valence-corrected chi connectivity index (χ0v) is 21.4. The molecule has 1 saturated carbocycles. The highest BCUT2D eigenvalue weighted by Crippen LogP contribution is 2.63. The first kappa shape index (κ1) is 25.2. The van der Waals surface area contributed by atoms with Crippen LogP contribution in [0.3, 0.4) is 0 Å². The van der Waals surface area contributed by atoms with Crippen molar-refractivity contribution in [3.63, 3.8) is 0 Å². The molecule has 7 atom stereocenters. The normalized spacial score (nSPS) is 39.8. The lowest BCUT2D eigenvalue weighted by molar-refractivity contribution is -0.102. The Kier molecular flexibility index (Phi) is 7.42. The van der Waals surface area contributed by atoms with Gasteiger partial charge in [-0.05, 0) is 78.6 Å². The van der Waals surface area contributed by atoms with Crippen molar-refractivity contribution >= 4 is 0 Å². The molecule has 0 aromatic heterocycles. The van der Waals surface area contributed by atoms with Crippen molar-refractivity contribution < 1.29 is 15.3 Å². The van der Waals surface area contributed by atoms with Crippen LogP contribution in [0, 0.1) is 39.9 Å². The maximum atomic E-state index is 11.8. The van der Waals surface area contributed by atoms with Gasteiger partial charge in [-0.15, -0.1) is 0 Å². The van der Waals surface area contributed by atoms with Crippen LogP contribution in [0.15, 0.2) is 11.1 Å². The van der Waals surface area contributed by atoms with E-state index < -0.39 is 6.10 Å². The van der Waals surface area contributed by atoms with E-state index in [9.17, 15) is 15.3 Å². The number of rotatable bonds is 7. The second kappa shape index (κ2) is 9.11. The lowest BCUT2D eigenvalue weighted by Crippen LogP contribution is -2.55. The van der Waals surface area contributed by atoms with Crippen LogP contribution in [0.1, 0.15) is 106 Å². The van der Waals surface area contributed by atoms with Crippen molar-refractivity contribution in [1.82, 2.24) is 0 Å². The summed E-state index contributed by atoms with van der Waals surface area (Å²) in [6.07, 6.45) is 8.77. The number of aliphatic hydroxyl groups excluding tert-OH is 3. The summed E-state index contributed by atoms with van der Waals surface area (Å²) in [6.45, 7) is 16.1. The Hall–Kier alpha value is -0.380. The Balaban J connectivity index is 1.85. The second-order valence-corrected chi connectivity index (χ2v) is 12.9. The Morgan fingerprint density at radius 3 is 2.23 bits per heavy atom. The summed E-state index contributed by atoms with van der Waals surface area (Å²) < 4.78 is 0. The number of hydrogen-bond acceptors (Lipinski definition) is 3. The molecule has 3 N–H and O–H groups in total. The molecule has 0 aromatic carbocycles. The van der Waals surface area contributed by atoms with E-state index in [4.69, 9.17) is 0 Å². The first-order valence-electron chi connectivity index (χ1n) is 13.1. The average Bonchev–Trinajstić information content (AvgIpc) is 2.68. The first-order chi connectivity index (χ1) is 14.4. The van der Waals surface area contributed by atoms with Crippen LogP contribution < -0.4 is 0 Å². The molecule has 0 amide bonds. The van der Waals surface area contributed by atoms with Gasteiger partial charge in [-0.1, -0.05) is 73.3 Å². The third-order valence-electron chi connectivity index (χ3n) is 10.3. The van der Waals surface area contributed by atoms with Gasteiger partial charge < -0.3 is 15.3 Å². The molecule has 0 radical (unpaired) electrons. The van der Waals surface area contributed by atoms with Crippen LogP contribution in [0.25, 0.3) is 0 Å². The van der Waals surface area contributed by atoms with E-state index >= 15 is 0 Å². The maximum absolute atomic E-state index is 11.8. The van der Waals surface area contributed by atoms with Gasteiger partial charge in [0.05, 0.1) is 12.2 Å². The number of allylic oxidation sites excluding steroid dienone is 1. The molecule has 3 heteroatoms. The van der Waals surface area contributed by atoms with E-state index in [1.165, 1.54) is 24.0 Å². The van der Waals surface area contributed by atoms with Gasteiger partial charge in [0.1, 0.15) is 0 Å². The minimum absolute atomic E-state index is 0.0736. The van der Waals surface area contributed by atoms with E-state index in [1.54, 1.807) is 0 Å². The largest absolute Gasteiger partial charge is 0.396 e. The molecule has 1 fully saturated rings. The molecule has 3 nitrogen and oxygen atoms in total. The van der Waals surface area contributed by atoms with Crippen molar-refractivity contribution in [2.24, 2.45) is 39.9 Å².